The Bertz CT molecular complexity index is 2160. The first kappa shape index (κ1) is 35.9. The van der Waals surface area contributed by atoms with Gasteiger partial charge in [0.25, 0.3) is 0 Å². The molecule has 3 aromatic carbocycles. The van der Waals surface area contributed by atoms with Crippen molar-refractivity contribution in [3.8, 4) is 18.2 Å². The predicted octanol–water partition coefficient (Wildman–Crippen LogP) is 9.25. The van der Waals surface area contributed by atoms with Crippen molar-refractivity contribution in [1.82, 2.24) is 29.9 Å². The molecule has 0 atom stereocenters. The van der Waals surface area contributed by atoms with Gasteiger partial charge in [-0.05, 0) is 77.9 Å². The van der Waals surface area contributed by atoms with Crippen LogP contribution in [0.25, 0.3) is 33.1 Å². The van der Waals surface area contributed by atoms with E-state index in [-0.39, 0.29) is 10.3 Å². The van der Waals surface area contributed by atoms with Gasteiger partial charge >= 0.3 is 0 Å². The zero-order valence-corrected chi connectivity index (χ0v) is 29.4. The van der Waals surface area contributed by atoms with Crippen LogP contribution >= 0.6 is 34.8 Å². The SMILES string of the molecule is CC(C)(C#N)c1nc2ccccc2nc1C(C)(C)C#N.CC(C)(C#N)c1nc2ccccc2nc1Cl.Clc1nc2ccccc2nc1Cl. The van der Waals surface area contributed by atoms with Gasteiger partial charge in [-0.3, -0.25) is 0 Å². The molecule has 0 radical (unpaired) electrons. The summed E-state index contributed by atoms with van der Waals surface area (Å²) in [4.78, 5) is 25.9. The molecule has 0 bridgehead atoms. The largest absolute Gasteiger partial charge is 0.248 e. The molecule has 0 saturated carbocycles. The third kappa shape index (κ3) is 7.93. The lowest BCUT2D eigenvalue weighted by Gasteiger charge is -2.24. The third-order valence-electron chi connectivity index (χ3n) is 7.20. The monoisotopic (exact) mass is 693 g/mol. The molecule has 3 heterocycles. The highest BCUT2D eigenvalue weighted by molar-refractivity contribution is 6.40. The van der Waals surface area contributed by atoms with E-state index in [9.17, 15) is 10.5 Å². The van der Waals surface area contributed by atoms with Crippen molar-refractivity contribution in [1.29, 1.82) is 15.8 Å². The van der Waals surface area contributed by atoms with Crippen LogP contribution in [0.5, 0.6) is 0 Å². The first-order chi connectivity index (χ1) is 22.6. The minimum atomic E-state index is -0.791. The molecule has 12 heteroatoms. The van der Waals surface area contributed by atoms with Crippen LogP contribution in [0.2, 0.25) is 15.5 Å². The molecular formula is C36H30Cl3N9. The maximum absolute atomic E-state index is 9.38. The highest BCUT2D eigenvalue weighted by Gasteiger charge is 2.34. The second-order valence-electron chi connectivity index (χ2n) is 12.3. The number of nitrogens with zero attached hydrogens (tertiary/aromatic N) is 9. The maximum Gasteiger partial charge on any atom is 0.167 e. The molecule has 0 saturated heterocycles. The third-order valence-corrected chi connectivity index (χ3v) is 8.09. The zero-order chi connectivity index (χ0) is 35.3. The highest BCUT2D eigenvalue weighted by Crippen LogP contribution is 2.32. The topological polar surface area (TPSA) is 149 Å². The van der Waals surface area contributed by atoms with E-state index >= 15 is 0 Å². The molecule has 0 aliphatic carbocycles. The smallest absolute Gasteiger partial charge is 0.167 e. The normalized spacial score (nSPS) is 11.4. The Labute approximate surface area is 293 Å². The van der Waals surface area contributed by atoms with E-state index in [1.165, 1.54) is 0 Å². The Morgan fingerprint density at radius 3 is 0.917 bits per heavy atom. The van der Waals surface area contributed by atoms with Crippen LogP contribution < -0.4 is 0 Å². The average molecular weight is 695 g/mol. The lowest BCUT2D eigenvalue weighted by molar-refractivity contribution is 0.586. The van der Waals surface area contributed by atoms with Crippen molar-refractivity contribution in [3.63, 3.8) is 0 Å². The molecule has 0 unspecified atom stereocenters. The number of hydrogen-bond donors (Lipinski definition) is 0. The number of fused-ring (bicyclic) bond motifs is 3. The predicted molar refractivity (Wildman–Crippen MR) is 190 cm³/mol. The quantitative estimate of drug-likeness (QED) is 0.177. The van der Waals surface area contributed by atoms with Gasteiger partial charge in [0, 0.05) is 0 Å². The number of para-hydroxylation sites is 6. The first-order valence-corrected chi connectivity index (χ1v) is 15.8. The van der Waals surface area contributed by atoms with Crippen LogP contribution in [-0.4, -0.2) is 29.9 Å². The molecule has 9 nitrogen and oxygen atoms in total. The maximum atomic E-state index is 9.38. The van der Waals surface area contributed by atoms with E-state index in [4.69, 9.17) is 40.1 Å². The van der Waals surface area contributed by atoms with E-state index < -0.39 is 16.2 Å². The fourth-order valence-electron chi connectivity index (χ4n) is 4.36. The summed E-state index contributed by atoms with van der Waals surface area (Å²) in [6.45, 7) is 10.7. The van der Waals surface area contributed by atoms with E-state index in [0.717, 1.165) is 33.1 Å². The summed E-state index contributed by atoms with van der Waals surface area (Å²) < 4.78 is 0. The van der Waals surface area contributed by atoms with Gasteiger partial charge in [-0.15, -0.1) is 0 Å². The molecule has 48 heavy (non-hydrogen) atoms. The van der Waals surface area contributed by atoms with Gasteiger partial charge in [-0.25, -0.2) is 29.9 Å². The second-order valence-corrected chi connectivity index (χ2v) is 13.3. The molecule has 0 amide bonds. The summed E-state index contributed by atoms with van der Waals surface area (Å²) in [5, 5.41) is 28.6. The molecule has 0 fully saturated rings. The highest BCUT2D eigenvalue weighted by atomic mass is 35.5. The van der Waals surface area contributed by atoms with Crippen LogP contribution in [0, 0.1) is 34.0 Å². The van der Waals surface area contributed by atoms with Gasteiger partial charge in [-0.1, -0.05) is 71.2 Å². The van der Waals surface area contributed by atoms with E-state index in [1.807, 2.05) is 72.8 Å². The van der Waals surface area contributed by atoms with Gasteiger partial charge in [0.05, 0.1) is 84.6 Å². The molecule has 240 valence electrons. The van der Waals surface area contributed by atoms with Crippen LogP contribution in [0.3, 0.4) is 0 Å². The van der Waals surface area contributed by atoms with Crippen LogP contribution in [-0.2, 0) is 16.2 Å². The van der Waals surface area contributed by atoms with E-state index in [1.54, 1.807) is 41.5 Å². The number of nitriles is 3. The Morgan fingerprint density at radius 1 is 0.396 bits per heavy atom. The molecule has 3 aromatic heterocycles. The van der Waals surface area contributed by atoms with Crippen LogP contribution in [0.1, 0.15) is 58.6 Å². The minimum Gasteiger partial charge on any atom is -0.248 e. The summed E-state index contributed by atoms with van der Waals surface area (Å²) in [7, 11) is 0. The summed E-state index contributed by atoms with van der Waals surface area (Å²) in [5.74, 6) is 0. The minimum absolute atomic E-state index is 0.246. The summed E-state index contributed by atoms with van der Waals surface area (Å²) in [6.07, 6.45) is 0. The van der Waals surface area contributed by atoms with Crippen molar-refractivity contribution in [2.75, 3.05) is 0 Å². The number of aromatic nitrogens is 6. The van der Waals surface area contributed by atoms with Crippen molar-refractivity contribution in [2.24, 2.45) is 0 Å². The van der Waals surface area contributed by atoms with Crippen LogP contribution in [0.4, 0.5) is 0 Å². The van der Waals surface area contributed by atoms with Gasteiger partial charge in [0.2, 0.25) is 0 Å². The standard InChI is InChI=1S/C16H16N4.C12H10ClN3.C8H4Cl2N2/c1-15(2,9-17)13-14(16(3,4)10-18)20-12-8-6-5-7-11(12)19-13;1-12(2,7-14)10-11(13)16-9-6-4-3-5-8(9)15-10;9-7-8(10)12-6-4-2-1-3-5(6)11-7/h5-8H,1-4H3;3-6H,1-2H3;1-4H. The van der Waals surface area contributed by atoms with Crippen molar-refractivity contribution in [2.45, 2.75) is 57.8 Å². The fourth-order valence-corrected chi connectivity index (χ4v) is 5.00. The summed E-state index contributed by atoms with van der Waals surface area (Å²) in [5.41, 5.74) is 3.85. The lowest BCUT2D eigenvalue weighted by atomic mass is 9.80. The fraction of sp³-hybridized carbons (Fsp3) is 0.250. The lowest BCUT2D eigenvalue weighted by Crippen LogP contribution is -2.27. The van der Waals surface area contributed by atoms with Crippen molar-refractivity contribution < 1.29 is 0 Å². The Hall–Kier alpha value is -4.98. The average Bonchev–Trinajstić information content (AvgIpc) is 3.08. The van der Waals surface area contributed by atoms with E-state index in [0.29, 0.717) is 22.2 Å². The first-order valence-electron chi connectivity index (χ1n) is 14.7. The van der Waals surface area contributed by atoms with Gasteiger partial charge in [0.15, 0.2) is 15.5 Å². The van der Waals surface area contributed by atoms with Gasteiger partial charge < -0.3 is 0 Å². The number of rotatable bonds is 3. The molecule has 0 aliphatic heterocycles. The number of hydrogen-bond acceptors (Lipinski definition) is 9. The summed E-state index contributed by atoms with van der Waals surface area (Å²) >= 11 is 17.4. The van der Waals surface area contributed by atoms with Crippen molar-refractivity contribution in [3.05, 3.63) is 105 Å². The van der Waals surface area contributed by atoms with E-state index in [2.05, 4.69) is 48.1 Å². The Balaban J connectivity index is 0.000000168. The molecular weight excluding hydrogens is 665 g/mol. The number of benzene rings is 3. The molecule has 6 aromatic rings. The molecule has 6 rings (SSSR count). The zero-order valence-electron chi connectivity index (χ0n) is 27.1. The molecule has 0 aliphatic rings. The molecule has 0 N–H and O–H groups in total. The summed E-state index contributed by atoms with van der Waals surface area (Å²) in [6, 6.07) is 29.1. The Kier molecular flexibility index (Phi) is 10.8. The van der Waals surface area contributed by atoms with Gasteiger partial charge in [0.1, 0.15) is 0 Å². The number of halogens is 3. The van der Waals surface area contributed by atoms with Crippen LogP contribution in [0.15, 0.2) is 72.8 Å². The van der Waals surface area contributed by atoms with Crippen molar-refractivity contribution >= 4 is 67.9 Å². The molecule has 0 spiro atoms. The second kappa shape index (κ2) is 14.4. The Morgan fingerprint density at radius 2 is 0.625 bits per heavy atom. The van der Waals surface area contributed by atoms with Gasteiger partial charge in [-0.2, -0.15) is 15.8 Å².